The van der Waals surface area contributed by atoms with Crippen LogP contribution < -0.4 is 15.0 Å². The number of hydrogen-bond donors (Lipinski definition) is 1. The molecule has 37 heavy (non-hydrogen) atoms. The van der Waals surface area contributed by atoms with Crippen LogP contribution in [0.15, 0.2) is 72.9 Å². The van der Waals surface area contributed by atoms with Crippen LogP contribution in [0, 0.1) is 12.7 Å². The summed E-state index contributed by atoms with van der Waals surface area (Å²) in [5.74, 6) is 0.730. The maximum absolute atomic E-state index is 14.2. The predicted octanol–water partition coefficient (Wildman–Crippen LogP) is 4.48. The molecule has 8 nitrogen and oxygen atoms in total. The molecule has 0 bridgehead atoms. The summed E-state index contributed by atoms with van der Waals surface area (Å²) in [4.78, 5) is 24.3. The molecule has 0 radical (unpaired) electrons. The van der Waals surface area contributed by atoms with Gasteiger partial charge in [-0.25, -0.2) is 18.9 Å². The number of carbonyl (C=O) groups excluding carboxylic acids is 1. The van der Waals surface area contributed by atoms with Crippen molar-refractivity contribution < 1.29 is 13.9 Å². The minimum absolute atomic E-state index is 0.172. The molecule has 186 valence electrons. The Bertz CT molecular complexity index is 1630. The highest BCUT2D eigenvalue weighted by Gasteiger charge is 2.35. The van der Waals surface area contributed by atoms with E-state index in [2.05, 4.69) is 20.2 Å². The number of halogens is 1. The van der Waals surface area contributed by atoms with Gasteiger partial charge in [-0.15, -0.1) is 5.10 Å². The Morgan fingerprint density at radius 3 is 2.81 bits per heavy atom. The van der Waals surface area contributed by atoms with Crippen LogP contribution in [0.25, 0.3) is 16.6 Å². The van der Waals surface area contributed by atoms with Crippen molar-refractivity contribution in [3.63, 3.8) is 0 Å². The van der Waals surface area contributed by atoms with E-state index in [0.717, 1.165) is 28.1 Å². The Hall–Kier alpha value is -4.53. The normalized spacial score (nSPS) is 17.4. The number of benzene rings is 2. The summed E-state index contributed by atoms with van der Waals surface area (Å²) in [7, 11) is 1.58. The molecule has 0 spiro atoms. The first kappa shape index (κ1) is 22.9. The van der Waals surface area contributed by atoms with Crippen molar-refractivity contribution in [1.82, 2.24) is 24.9 Å². The van der Waals surface area contributed by atoms with Crippen LogP contribution in [0.5, 0.6) is 5.75 Å². The van der Waals surface area contributed by atoms with E-state index in [9.17, 15) is 9.18 Å². The number of pyridine rings is 1. The minimum atomic E-state index is -0.300. The number of ether oxygens (including phenoxy) is 1. The lowest BCUT2D eigenvalue weighted by molar-refractivity contribution is 0.0935. The topological polar surface area (TPSA) is 84.7 Å². The monoisotopic (exact) mass is 496 g/mol. The molecule has 5 aromatic rings. The highest BCUT2D eigenvalue weighted by molar-refractivity contribution is 5.97. The van der Waals surface area contributed by atoms with Crippen molar-refractivity contribution in [3.8, 4) is 5.75 Å². The molecule has 0 saturated carbocycles. The van der Waals surface area contributed by atoms with Crippen LogP contribution in [-0.4, -0.2) is 45.2 Å². The standard InChI is InChI=1S/C28H25FN6O2/c1-17-15-30-26-10-11-27(33-35(17)26)34-16-20(13-24(34)18-6-5-7-19(29)12-18)31-28(36)23-14-25(37-2)21-8-3-4-9-22(21)32-23/h3-12,14-15,20,24H,13,16H2,1-2H3,(H,31,36)/t20?,24-/m1/s1. The molecule has 0 aliphatic carbocycles. The molecule has 1 fully saturated rings. The summed E-state index contributed by atoms with van der Waals surface area (Å²) in [6, 6.07) is 19.2. The molecule has 2 atom stereocenters. The molecule has 2 aromatic carbocycles. The number of para-hydroxylation sites is 1. The molecule has 4 heterocycles. The number of aromatic nitrogens is 4. The van der Waals surface area contributed by atoms with E-state index in [-0.39, 0.29) is 29.5 Å². The Morgan fingerprint density at radius 2 is 1.97 bits per heavy atom. The van der Waals surface area contributed by atoms with Gasteiger partial charge < -0.3 is 15.0 Å². The van der Waals surface area contributed by atoms with Gasteiger partial charge in [0.1, 0.15) is 23.1 Å². The van der Waals surface area contributed by atoms with Crippen LogP contribution >= 0.6 is 0 Å². The summed E-state index contributed by atoms with van der Waals surface area (Å²) < 4.78 is 21.5. The lowest BCUT2D eigenvalue weighted by Gasteiger charge is -2.26. The van der Waals surface area contributed by atoms with Gasteiger partial charge in [-0.3, -0.25) is 4.79 Å². The zero-order valence-corrected chi connectivity index (χ0v) is 20.4. The second kappa shape index (κ2) is 9.16. The largest absolute Gasteiger partial charge is 0.496 e. The average molecular weight is 497 g/mol. The van der Waals surface area contributed by atoms with Gasteiger partial charge in [0.25, 0.3) is 5.91 Å². The number of aryl methyl sites for hydroxylation is 1. The Kier molecular flexibility index (Phi) is 5.67. The number of rotatable bonds is 5. The number of nitrogens with zero attached hydrogens (tertiary/aromatic N) is 5. The van der Waals surface area contributed by atoms with Crippen LogP contribution in [0.2, 0.25) is 0 Å². The number of nitrogens with one attached hydrogen (secondary N) is 1. The molecule has 6 rings (SSSR count). The Labute approximate surface area is 212 Å². The quantitative estimate of drug-likeness (QED) is 0.386. The third kappa shape index (κ3) is 4.22. The van der Waals surface area contributed by atoms with Crippen molar-refractivity contribution in [2.75, 3.05) is 18.6 Å². The predicted molar refractivity (Wildman–Crippen MR) is 138 cm³/mol. The van der Waals surface area contributed by atoms with Gasteiger partial charge in [0.05, 0.1) is 30.6 Å². The van der Waals surface area contributed by atoms with Gasteiger partial charge in [0.15, 0.2) is 5.65 Å². The number of fused-ring (bicyclic) bond motifs is 2. The van der Waals surface area contributed by atoms with Crippen LogP contribution in [-0.2, 0) is 0 Å². The molecule has 3 aromatic heterocycles. The smallest absolute Gasteiger partial charge is 0.270 e. The number of hydrogen-bond acceptors (Lipinski definition) is 6. The fourth-order valence-electron chi connectivity index (χ4n) is 5.04. The Balaban J connectivity index is 1.32. The molecule has 9 heteroatoms. The van der Waals surface area contributed by atoms with E-state index in [0.29, 0.717) is 24.2 Å². The van der Waals surface area contributed by atoms with E-state index < -0.39 is 0 Å². The molecule has 1 unspecified atom stereocenters. The van der Waals surface area contributed by atoms with Gasteiger partial charge in [-0.2, -0.15) is 0 Å². The van der Waals surface area contributed by atoms with Crippen molar-refractivity contribution in [2.24, 2.45) is 0 Å². The Morgan fingerprint density at radius 1 is 1.11 bits per heavy atom. The van der Waals surface area contributed by atoms with E-state index in [1.165, 1.54) is 6.07 Å². The summed E-state index contributed by atoms with van der Waals surface area (Å²) >= 11 is 0. The first-order chi connectivity index (χ1) is 18.0. The first-order valence-corrected chi connectivity index (χ1v) is 12.1. The summed E-state index contributed by atoms with van der Waals surface area (Å²) in [5.41, 5.74) is 3.46. The number of amides is 1. The second-order valence-corrected chi connectivity index (χ2v) is 9.22. The van der Waals surface area contributed by atoms with Gasteiger partial charge in [-0.1, -0.05) is 24.3 Å². The minimum Gasteiger partial charge on any atom is -0.496 e. The van der Waals surface area contributed by atoms with E-state index >= 15 is 0 Å². The van der Waals surface area contributed by atoms with Crippen molar-refractivity contribution in [1.29, 1.82) is 0 Å². The molecule has 1 aliphatic rings. The fourth-order valence-corrected chi connectivity index (χ4v) is 5.04. The van der Waals surface area contributed by atoms with Crippen molar-refractivity contribution in [2.45, 2.75) is 25.4 Å². The summed E-state index contributed by atoms with van der Waals surface area (Å²) in [6.07, 6.45) is 2.36. The lowest BCUT2D eigenvalue weighted by Crippen LogP contribution is -2.37. The van der Waals surface area contributed by atoms with Crippen LogP contribution in [0.4, 0.5) is 10.2 Å². The number of carbonyl (C=O) groups is 1. The molecule has 1 N–H and O–H groups in total. The number of methoxy groups -OCH3 is 1. The number of imidazole rings is 1. The van der Waals surface area contributed by atoms with E-state index in [4.69, 9.17) is 9.84 Å². The summed E-state index contributed by atoms with van der Waals surface area (Å²) in [5, 5.41) is 8.76. The van der Waals surface area contributed by atoms with Crippen molar-refractivity contribution in [3.05, 3.63) is 95.7 Å². The molecule has 1 saturated heterocycles. The fraction of sp³-hybridized carbons (Fsp3) is 0.214. The highest BCUT2D eigenvalue weighted by Crippen LogP contribution is 2.36. The third-order valence-corrected chi connectivity index (χ3v) is 6.81. The second-order valence-electron chi connectivity index (χ2n) is 9.22. The molecular formula is C28H25FN6O2. The SMILES string of the molecule is COc1cc(C(=O)NC2C[C@H](c3cccc(F)c3)N(c3ccc4ncc(C)n4n3)C2)nc2ccccc12. The van der Waals surface area contributed by atoms with Crippen LogP contribution in [0.3, 0.4) is 0 Å². The third-order valence-electron chi connectivity index (χ3n) is 6.81. The lowest BCUT2D eigenvalue weighted by atomic mass is 10.0. The first-order valence-electron chi connectivity index (χ1n) is 12.1. The molecule has 1 amide bonds. The van der Waals surface area contributed by atoms with Gasteiger partial charge in [0, 0.05) is 24.0 Å². The van der Waals surface area contributed by atoms with E-state index in [1.807, 2.05) is 49.4 Å². The summed E-state index contributed by atoms with van der Waals surface area (Å²) in [6.45, 7) is 2.45. The molecule has 1 aliphatic heterocycles. The van der Waals surface area contributed by atoms with Gasteiger partial charge >= 0.3 is 0 Å². The van der Waals surface area contributed by atoms with E-state index in [1.54, 1.807) is 36.0 Å². The van der Waals surface area contributed by atoms with Crippen LogP contribution in [0.1, 0.15) is 34.2 Å². The maximum atomic E-state index is 14.2. The highest BCUT2D eigenvalue weighted by atomic mass is 19.1. The maximum Gasteiger partial charge on any atom is 0.270 e. The zero-order valence-electron chi connectivity index (χ0n) is 20.4. The zero-order chi connectivity index (χ0) is 25.5. The molecular weight excluding hydrogens is 471 g/mol. The average Bonchev–Trinajstić information content (AvgIpc) is 3.51. The van der Waals surface area contributed by atoms with Gasteiger partial charge in [0.2, 0.25) is 0 Å². The van der Waals surface area contributed by atoms with Crippen molar-refractivity contribution >= 4 is 28.3 Å². The number of anilines is 1. The van der Waals surface area contributed by atoms with Gasteiger partial charge in [-0.05, 0) is 55.3 Å².